The minimum absolute atomic E-state index is 0.00973. The molecular formula is C9H15N3O3. The van der Waals surface area contributed by atoms with Gasteiger partial charge in [-0.25, -0.2) is 4.79 Å². The summed E-state index contributed by atoms with van der Waals surface area (Å²) >= 11 is 0. The maximum atomic E-state index is 11.2. The second-order valence-corrected chi connectivity index (χ2v) is 3.15. The Bertz CT molecular complexity index is 360. The maximum absolute atomic E-state index is 11.2. The summed E-state index contributed by atoms with van der Waals surface area (Å²) in [7, 11) is 1.80. The molecule has 0 unspecified atom stereocenters. The van der Waals surface area contributed by atoms with Crippen LogP contribution in [0.25, 0.3) is 0 Å². The van der Waals surface area contributed by atoms with E-state index in [1.165, 1.54) is 0 Å². The van der Waals surface area contributed by atoms with Crippen molar-refractivity contribution < 1.29 is 14.6 Å². The zero-order valence-corrected chi connectivity index (χ0v) is 9.07. The number of aliphatic hydroxyl groups excluding tert-OH is 1. The molecule has 6 nitrogen and oxygen atoms in total. The number of anilines is 1. The summed E-state index contributed by atoms with van der Waals surface area (Å²) in [5, 5.41) is 15.2. The van der Waals surface area contributed by atoms with E-state index in [1.807, 2.05) is 6.92 Å². The number of amides is 1. The molecule has 0 spiro atoms. The Morgan fingerprint density at radius 3 is 2.73 bits per heavy atom. The van der Waals surface area contributed by atoms with Gasteiger partial charge in [-0.3, -0.25) is 10.00 Å². The number of hydrogen-bond donors (Lipinski definition) is 2. The van der Waals surface area contributed by atoms with Crippen LogP contribution in [0.2, 0.25) is 0 Å². The molecule has 0 saturated heterocycles. The standard InChI is InChI=1S/C9H15N3O3/c1-6-8(7(2)12(3)11-6)10-9(14)15-5-4-13/h13H,4-5H2,1-3H3,(H,10,14). The van der Waals surface area contributed by atoms with Gasteiger partial charge in [0.25, 0.3) is 0 Å². The topological polar surface area (TPSA) is 76.4 Å². The fraction of sp³-hybridized carbons (Fsp3) is 0.556. The summed E-state index contributed by atoms with van der Waals surface area (Å²) in [6.07, 6.45) is -0.580. The third kappa shape index (κ3) is 2.69. The average Bonchev–Trinajstić information content (AvgIpc) is 2.42. The van der Waals surface area contributed by atoms with Crippen molar-refractivity contribution >= 4 is 11.8 Å². The Morgan fingerprint density at radius 2 is 2.27 bits per heavy atom. The number of ether oxygens (including phenoxy) is 1. The molecule has 1 aromatic heterocycles. The lowest BCUT2D eigenvalue weighted by Gasteiger charge is -2.05. The first-order valence-corrected chi connectivity index (χ1v) is 4.61. The molecule has 6 heteroatoms. The third-order valence-corrected chi connectivity index (χ3v) is 2.06. The first kappa shape index (κ1) is 11.5. The van der Waals surface area contributed by atoms with Crippen LogP contribution in [0.15, 0.2) is 0 Å². The highest BCUT2D eigenvalue weighted by molar-refractivity contribution is 5.86. The predicted octanol–water partition coefficient (Wildman–Crippen LogP) is 0.578. The lowest BCUT2D eigenvalue weighted by atomic mass is 10.3. The van der Waals surface area contributed by atoms with Crippen LogP contribution in [-0.2, 0) is 11.8 Å². The van der Waals surface area contributed by atoms with E-state index >= 15 is 0 Å². The van der Waals surface area contributed by atoms with Crippen LogP contribution in [-0.4, -0.2) is 34.2 Å². The van der Waals surface area contributed by atoms with Gasteiger partial charge in [-0.2, -0.15) is 5.10 Å². The number of aromatic nitrogens is 2. The highest BCUT2D eigenvalue weighted by Crippen LogP contribution is 2.18. The second kappa shape index (κ2) is 4.79. The molecule has 2 N–H and O–H groups in total. The summed E-state index contributed by atoms with van der Waals surface area (Å²) in [5.41, 5.74) is 2.24. The molecule has 0 aliphatic heterocycles. The number of carbonyl (C=O) groups excluding carboxylic acids is 1. The van der Waals surface area contributed by atoms with Crippen LogP contribution >= 0.6 is 0 Å². The first-order chi connectivity index (χ1) is 7.06. The van der Waals surface area contributed by atoms with Crippen LogP contribution in [0.4, 0.5) is 10.5 Å². The highest BCUT2D eigenvalue weighted by atomic mass is 16.6. The van der Waals surface area contributed by atoms with E-state index in [-0.39, 0.29) is 13.2 Å². The molecule has 84 valence electrons. The molecular weight excluding hydrogens is 198 g/mol. The molecule has 0 fully saturated rings. The SMILES string of the molecule is Cc1nn(C)c(C)c1NC(=O)OCCO. The van der Waals surface area contributed by atoms with E-state index in [4.69, 9.17) is 5.11 Å². The van der Waals surface area contributed by atoms with Gasteiger partial charge in [-0.1, -0.05) is 0 Å². The lowest BCUT2D eigenvalue weighted by molar-refractivity contribution is 0.131. The van der Waals surface area contributed by atoms with Gasteiger partial charge in [0.15, 0.2) is 0 Å². The van der Waals surface area contributed by atoms with Crippen LogP contribution in [0.1, 0.15) is 11.4 Å². The van der Waals surface area contributed by atoms with Crippen molar-refractivity contribution in [2.45, 2.75) is 13.8 Å². The quantitative estimate of drug-likeness (QED) is 0.770. The van der Waals surface area contributed by atoms with Crippen molar-refractivity contribution in [3.05, 3.63) is 11.4 Å². The number of nitrogens with zero attached hydrogens (tertiary/aromatic N) is 2. The van der Waals surface area contributed by atoms with Gasteiger partial charge in [0, 0.05) is 7.05 Å². The minimum atomic E-state index is -0.580. The Balaban J connectivity index is 2.68. The van der Waals surface area contributed by atoms with E-state index in [1.54, 1.807) is 18.7 Å². The monoisotopic (exact) mass is 213 g/mol. The summed E-state index contributed by atoms with van der Waals surface area (Å²) in [6.45, 7) is 3.46. The Labute approximate surface area is 87.8 Å². The molecule has 0 radical (unpaired) electrons. The summed E-state index contributed by atoms with van der Waals surface area (Å²) < 4.78 is 6.35. The molecule has 0 aliphatic rings. The van der Waals surface area contributed by atoms with Crippen LogP contribution < -0.4 is 5.32 Å². The molecule has 15 heavy (non-hydrogen) atoms. The minimum Gasteiger partial charge on any atom is -0.447 e. The molecule has 1 aromatic rings. The zero-order chi connectivity index (χ0) is 11.4. The van der Waals surface area contributed by atoms with E-state index in [9.17, 15) is 4.79 Å². The number of hydrogen-bond acceptors (Lipinski definition) is 4. The Hall–Kier alpha value is -1.56. The summed E-state index contributed by atoms with van der Waals surface area (Å²) in [5.74, 6) is 0. The van der Waals surface area contributed by atoms with Crippen molar-refractivity contribution in [2.75, 3.05) is 18.5 Å². The second-order valence-electron chi connectivity index (χ2n) is 3.15. The Morgan fingerprint density at radius 1 is 1.60 bits per heavy atom. The van der Waals surface area contributed by atoms with Crippen LogP contribution in [0.5, 0.6) is 0 Å². The summed E-state index contributed by atoms with van der Waals surface area (Å²) in [4.78, 5) is 11.2. The molecule has 0 atom stereocenters. The van der Waals surface area contributed by atoms with Crippen LogP contribution in [0.3, 0.4) is 0 Å². The fourth-order valence-corrected chi connectivity index (χ4v) is 1.23. The third-order valence-electron chi connectivity index (χ3n) is 2.06. The van der Waals surface area contributed by atoms with Gasteiger partial charge in [0.2, 0.25) is 0 Å². The summed E-state index contributed by atoms with van der Waals surface area (Å²) in [6, 6.07) is 0. The number of aryl methyl sites for hydroxylation is 2. The van der Waals surface area contributed by atoms with Crippen molar-refractivity contribution in [3.63, 3.8) is 0 Å². The van der Waals surface area contributed by atoms with Gasteiger partial charge in [-0.15, -0.1) is 0 Å². The van der Waals surface area contributed by atoms with Crippen molar-refractivity contribution in [2.24, 2.45) is 7.05 Å². The average molecular weight is 213 g/mol. The number of aliphatic hydroxyl groups is 1. The smallest absolute Gasteiger partial charge is 0.411 e. The first-order valence-electron chi connectivity index (χ1n) is 4.61. The lowest BCUT2D eigenvalue weighted by Crippen LogP contribution is -2.16. The van der Waals surface area contributed by atoms with Crippen LogP contribution in [0, 0.1) is 13.8 Å². The van der Waals surface area contributed by atoms with E-state index < -0.39 is 6.09 Å². The molecule has 0 aliphatic carbocycles. The largest absolute Gasteiger partial charge is 0.447 e. The fourth-order valence-electron chi connectivity index (χ4n) is 1.23. The number of nitrogens with one attached hydrogen (secondary N) is 1. The highest BCUT2D eigenvalue weighted by Gasteiger charge is 2.12. The van der Waals surface area contributed by atoms with Gasteiger partial charge in [0.1, 0.15) is 6.61 Å². The van der Waals surface area contributed by atoms with Gasteiger partial charge in [-0.05, 0) is 13.8 Å². The van der Waals surface area contributed by atoms with E-state index in [0.717, 1.165) is 11.4 Å². The van der Waals surface area contributed by atoms with Crippen molar-refractivity contribution in [3.8, 4) is 0 Å². The molecule has 0 bridgehead atoms. The van der Waals surface area contributed by atoms with E-state index in [2.05, 4.69) is 15.2 Å². The molecule has 0 saturated carbocycles. The predicted molar refractivity (Wildman–Crippen MR) is 54.7 cm³/mol. The molecule has 0 aromatic carbocycles. The zero-order valence-electron chi connectivity index (χ0n) is 9.07. The number of carbonyl (C=O) groups is 1. The number of rotatable bonds is 3. The molecule has 1 heterocycles. The van der Waals surface area contributed by atoms with Crippen molar-refractivity contribution in [1.82, 2.24) is 9.78 Å². The van der Waals surface area contributed by atoms with Crippen molar-refractivity contribution in [1.29, 1.82) is 0 Å². The van der Waals surface area contributed by atoms with E-state index in [0.29, 0.717) is 5.69 Å². The van der Waals surface area contributed by atoms with Gasteiger partial charge >= 0.3 is 6.09 Å². The van der Waals surface area contributed by atoms with Gasteiger partial charge < -0.3 is 9.84 Å². The van der Waals surface area contributed by atoms with Gasteiger partial charge in [0.05, 0.1) is 23.7 Å². The molecule has 1 amide bonds. The maximum Gasteiger partial charge on any atom is 0.411 e. The normalized spacial score (nSPS) is 10.1. The Kier molecular flexibility index (Phi) is 3.68. The molecule has 1 rings (SSSR count).